The van der Waals surface area contributed by atoms with Crippen LogP contribution in [0.1, 0.15) is 0 Å². The summed E-state index contributed by atoms with van der Waals surface area (Å²) >= 11 is 0. The van der Waals surface area contributed by atoms with E-state index in [1.165, 1.54) is 121 Å². The maximum absolute atomic E-state index is 2.45. The molecule has 0 aliphatic heterocycles. The van der Waals surface area contributed by atoms with Crippen LogP contribution < -0.4 is 0 Å². The molecule has 0 bridgehead atoms. The molecule has 0 aliphatic carbocycles. The Morgan fingerprint density at radius 3 is 1.19 bits per heavy atom. The molecule has 12 aromatic carbocycles. The van der Waals surface area contributed by atoms with Crippen LogP contribution in [0.3, 0.4) is 0 Å². The molecule has 0 unspecified atom stereocenters. The van der Waals surface area contributed by atoms with Gasteiger partial charge in [0.15, 0.2) is 0 Å². The van der Waals surface area contributed by atoms with Crippen molar-refractivity contribution in [3.63, 3.8) is 0 Å². The van der Waals surface area contributed by atoms with Gasteiger partial charge in [0.2, 0.25) is 0 Å². The molecule has 288 valence electrons. The summed E-state index contributed by atoms with van der Waals surface area (Å²) in [5.74, 6) is 0. The molecule has 0 nitrogen and oxygen atoms in total. The lowest BCUT2D eigenvalue weighted by Crippen LogP contribution is -1.94. The zero-order chi connectivity index (χ0) is 41.0. The topological polar surface area (TPSA) is 0 Å². The van der Waals surface area contributed by atoms with E-state index in [1.807, 2.05) is 0 Å². The van der Waals surface area contributed by atoms with Crippen LogP contribution in [0.4, 0.5) is 0 Å². The van der Waals surface area contributed by atoms with Gasteiger partial charge in [-0.15, -0.1) is 0 Å². The highest BCUT2D eigenvalue weighted by atomic mass is 14.2. The number of benzene rings is 12. The van der Waals surface area contributed by atoms with Crippen molar-refractivity contribution in [3.8, 4) is 66.8 Å². The third-order valence-corrected chi connectivity index (χ3v) is 12.8. The molecule has 0 aromatic heterocycles. The van der Waals surface area contributed by atoms with Crippen LogP contribution in [-0.2, 0) is 0 Å². The minimum absolute atomic E-state index is 1.20. The number of fused-ring (bicyclic) bond motifs is 6. The Balaban J connectivity index is 1.07. The highest BCUT2D eigenvalue weighted by molar-refractivity contribution is 6.23. The van der Waals surface area contributed by atoms with Crippen LogP contribution in [0, 0.1) is 0 Å². The third-order valence-electron chi connectivity index (χ3n) is 12.8. The average molecular weight is 785 g/mol. The predicted molar refractivity (Wildman–Crippen MR) is 267 cm³/mol. The van der Waals surface area contributed by atoms with Gasteiger partial charge in [-0.25, -0.2) is 0 Å². The molecule has 0 radical (unpaired) electrons. The van der Waals surface area contributed by atoms with Crippen LogP contribution in [-0.4, -0.2) is 0 Å². The zero-order valence-corrected chi connectivity index (χ0v) is 34.1. The van der Waals surface area contributed by atoms with Gasteiger partial charge in [-0.05, 0) is 157 Å². The van der Waals surface area contributed by atoms with E-state index < -0.39 is 0 Å². The summed E-state index contributed by atoms with van der Waals surface area (Å²) in [6, 6.07) is 89.5. The fraction of sp³-hybridized carbons (Fsp3) is 0. The van der Waals surface area contributed by atoms with Crippen molar-refractivity contribution in [2.75, 3.05) is 0 Å². The standard InChI is InChI=1S/C62H40/c1-4-15-42(16-5-1)57-37-45-22-10-11-23-46(45)38-58(57)52-32-34-56-55-33-31-50(39-59(55)61(43-18-6-2-7-19-43)62(60(56)40-52)44-20-8-3-9-21-44)48-27-28-49-36-51(30-29-47(49)35-48)54-26-14-24-41-17-12-13-25-53(41)54/h1-40H. The van der Waals surface area contributed by atoms with Gasteiger partial charge in [-0.3, -0.25) is 0 Å². The second-order valence-corrected chi connectivity index (χ2v) is 16.4. The fourth-order valence-electron chi connectivity index (χ4n) is 9.80. The van der Waals surface area contributed by atoms with Gasteiger partial charge < -0.3 is 0 Å². The van der Waals surface area contributed by atoms with E-state index in [9.17, 15) is 0 Å². The van der Waals surface area contributed by atoms with E-state index in [1.54, 1.807) is 0 Å². The summed E-state index contributed by atoms with van der Waals surface area (Å²) in [6.07, 6.45) is 0. The fourth-order valence-corrected chi connectivity index (χ4v) is 9.80. The first-order valence-electron chi connectivity index (χ1n) is 21.5. The molecule has 62 heavy (non-hydrogen) atoms. The summed E-state index contributed by atoms with van der Waals surface area (Å²) in [6.45, 7) is 0. The van der Waals surface area contributed by atoms with Gasteiger partial charge >= 0.3 is 0 Å². The monoisotopic (exact) mass is 784 g/mol. The molecular weight excluding hydrogens is 745 g/mol. The molecule has 0 saturated carbocycles. The summed E-state index contributed by atoms with van der Waals surface area (Å²) in [5, 5.41) is 12.5. The molecule has 0 amide bonds. The molecule has 0 saturated heterocycles. The smallest absolute Gasteiger partial charge is 0.00201 e. The van der Waals surface area contributed by atoms with Crippen LogP contribution >= 0.6 is 0 Å². The van der Waals surface area contributed by atoms with Crippen molar-refractivity contribution in [2.45, 2.75) is 0 Å². The molecular formula is C62H40. The molecule has 0 heteroatoms. The highest BCUT2D eigenvalue weighted by Crippen LogP contribution is 2.47. The van der Waals surface area contributed by atoms with Crippen LogP contribution in [0.15, 0.2) is 243 Å². The Morgan fingerprint density at radius 1 is 0.161 bits per heavy atom. The summed E-state index contributed by atoms with van der Waals surface area (Å²) in [7, 11) is 0. The second kappa shape index (κ2) is 14.9. The third kappa shape index (κ3) is 6.16. The average Bonchev–Trinajstić information content (AvgIpc) is 3.35. The number of hydrogen-bond acceptors (Lipinski definition) is 0. The van der Waals surface area contributed by atoms with Crippen molar-refractivity contribution >= 4 is 53.9 Å². The summed E-state index contributed by atoms with van der Waals surface area (Å²) in [5.41, 5.74) is 14.7. The summed E-state index contributed by atoms with van der Waals surface area (Å²) in [4.78, 5) is 0. The van der Waals surface area contributed by atoms with E-state index in [0.717, 1.165) is 0 Å². The van der Waals surface area contributed by atoms with Gasteiger partial charge in [-0.2, -0.15) is 0 Å². The SMILES string of the molecule is c1ccc(-c2cc3ccccc3cc2-c2ccc3c(c2)c(-c2ccccc2)c(-c2ccccc2)c2cc(-c4ccc5cc(-c6cccc7ccccc67)ccc5c4)ccc23)cc1. The Hall–Kier alpha value is -8.06. The lowest BCUT2D eigenvalue weighted by Gasteiger charge is -2.21. The normalized spacial score (nSPS) is 11.5. The van der Waals surface area contributed by atoms with Crippen LogP contribution in [0.25, 0.3) is 121 Å². The minimum atomic E-state index is 1.20. The van der Waals surface area contributed by atoms with Crippen molar-refractivity contribution in [2.24, 2.45) is 0 Å². The zero-order valence-electron chi connectivity index (χ0n) is 34.1. The molecule has 12 rings (SSSR count). The molecule has 0 aliphatic rings. The minimum Gasteiger partial charge on any atom is -0.0622 e. The first kappa shape index (κ1) is 35.8. The number of rotatable bonds is 6. The summed E-state index contributed by atoms with van der Waals surface area (Å²) < 4.78 is 0. The Bertz CT molecular complexity index is 3650. The lowest BCUT2D eigenvalue weighted by atomic mass is 9.82. The van der Waals surface area contributed by atoms with Crippen molar-refractivity contribution in [1.29, 1.82) is 0 Å². The van der Waals surface area contributed by atoms with E-state index in [-0.39, 0.29) is 0 Å². The van der Waals surface area contributed by atoms with E-state index in [0.29, 0.717) is 0 Å². The van der Waals surface area contributed by atoms with E-state index in [2.05, 4.69) is 243 Å². The maximum Gasteiger partial charge on any atom is -0.00201 e. The lowest BCUT2D eigenvalue weighted by molar-refractivity contribution is 1.60. The predicted octanol–water partition coefficient (Wildman–Crippen LogP) is 17.5. The molecule has 0 heterocycles. The molecule has 0 N–H and O–H groups in total. The Kier molecular flexibility index (Phi) is 8.61. The van der Waals surface area contributed by atoms with Gasteiger partial charge in [0.25, 0.3) is 0 Å². The Labute approximate surface area is 361 Å². The Morgan fingerprint density at radius 2 is 0.565 bits per heavy atom. The van der Waals surface area contributed by atoms with Crippen molar-refractivity contribution in [3.05, 3.63) is 243 Å². The van der Waals surface area contributed by atoms with Gasteiger partial charge in [0, 0.05) is 0 Å². The van der Waals surface area contributed by atoms with Gasteiger partial charge in [-0.1, -0.05) is 206 Å². The first-order valence-corrected chi connectivity index (χ1v) is 21.5. The molecule has 12 aromatic rings. The highest BCUT2D eigenvalue weighted by Gasteiger charge is 2.20. The largest absolute Gasteiger partial charge is 0.0622 e. The second-order valence-electron chi connectivity index (χ2n) is 16.4. The van der Waals surface area contributed by atoms with E-state index >= 15 is 0 Å². The molecule has 0 fully saturated rings. The van der Waals surface area contributed by atoms with Gasteiger partial charge in [0.1, 0.15) is 0 Å². The first-order chi connectivity index (χ1) is 30.7. The van der Waals surface area contributed by atoms with Crippen LogP contribution in [0.5, 0.6) is 0 Å². The quantitative estimate of drug-likeness (QED) is 0.147. The molecule has 0 spiro atoms. The number of hydrogen-bond donors (Lipinski definition) is 0. The van der Waals surface area contributed by atoms with Crippen LogP contribution in [0.2, 0.25) is 0 Å². The maximum atomic E-state index is 2.45. The van der Waals surface area contributed by atoms with Crippen molar-refractivity contribution < 1.29 is 0 Å². The van der Waals surface area contributed by atoms with E-state index in [4.69, 9.17) is 0 Å². The van der Waals surface area contributed by atoms with Crippen molar-refractivity contribution in [1.82, 2.24) is 0 Å². The van der Waals surface area contributed by atoms with Gasteiger partial charge in [0.05, 0.1) is 0 Å². The molecule has 0 atom stereocenters.